The lowest BCUT2D eigenvalue weighted by Gasteiger charge is -2.14. The summed E-state index contributed by atoms with van der Waals surface area (Å²) in [6, 6.07) is 6.23. The molecule has 0 saturated carbocycles. The van der Waals surface area contributed by atoms with Gasteiger partial charge in [0.25, 0.3) is 0 Å². The number of aromatic nitrogens is 1. The van der Waals surface area contributed by atoms with Gasteiger partial charge in [-0.3, -0.25) is 4.79 Å². The van der Waals surface area contributed by atoms with Gasteiger partial charge in [-0.2, -0.15) is 0 Å². The van der Waals surface area contributed by atoms with E-state index in [-0.39, 0.29) is 24.2 Å². The van der Waals surface area contributed by atoms with Gasteiger partial charge in [-0.15, -0.1) is 11.3 Å². The van der Waals surface area contributed by atoms with Gasteiger partial charge in [0.15, 0.2) is 0 Å². The molecule has 0 aliphatic heterocycles. The Morgan fingerprint density at radius 1 is 1.45 bits per heavy atom. The monoisotopic (exact) mass is 292 g/mol. The lowest BCUT2D eigenvalue weighted by molar-refractivity contribution is -0.121. The summed E-state index contributed by atoms with van der Waals surface area (Å²) in [5.74, 6) is -0.532. The minimum absolute atomic E-state index is 0.0491. The molecule has 0 saturated heterocycles. The van der Waals surface area contributed by atoms with Crippen molar-refractivity contribution in [3.05, 3.63) is 51.7 Å². The fourth-order valence-corrected chi connectivity index (χ4v) is 2.86. The first-order chi connectivity index (χ1) is 9.60. The molecule has 20 heavy (non-hydrogen) atoms. The average molecular weight is 292 g/mol. The van der Waals surface area contributed by atoms with Gasteiger partial charge in [0.05, 0.1) is 12.5 Å². The van der Waals surface area contributed by atoms with Crippen LogP contribution < -0.4 is 5.32 Å². The molecule has 0 fully saturated rings. The van der Waals surface area contributed by atoms with Crippen molar-refractivity contribution in [1.29, 1.82) is 0 Å². The Hall–Kier alpha value is -1.75. The molecule has 0 aliphatic rings. The Morgan fingerprint density at radius 2 is 2.20 bits per heavy atom. The first kappa shape index (κ1) is 14.7. The fourth-order valence-electron chi connectivity index (χ4n) is 1.93. The summed E-state index contributed by atoms with van der Waals surface area (Å²) in [7, 11) is 0. The van der Waals surface area contributed by atoms with Gasteiger partial charge in [-0.25, -0.2) is 9.37 Å². The lowest BCUT2D eigenvalue weighted by Crippen LogP contribution is -2.29. The number of hydrogen-bond donors (Lipinski definition) is 1. The second-order valence-electron chi connectivity index (χ2n) is 4.62. The molecule has 1 amide bonds. The maximum absolute atomic E-state index is 13.5. The maximum Gasteiger partial charge on any atom is 0.225 e. The molecule has 1 atom stereocenters. The second-order valence-corrected chi connectivity index (χ2v) is 5.51. The molecule has 106 valence electrons. The zero-order valence-electron chi connectivity index (χ0n) is 11.5. The zero-order chi connectivity index (χ0) is 14.5. The van der Waals surface area contributed by atoms with E-state index >= 15 is 0 Å². The highest BCUT2D eigenvalue weighted by Crippen LogP contribution is 2.21. The highest BCUT2D eigenvalue weighted by Gasteiger charge is 2.16. The van der Waals surface area contributed by atoms with E-state index in [1.807, 2.05) is 19.2 Å². The number of thiazole rings is 1. The predicted molar refractivity (Wildman–Crippen MR) is 78.1 cm³/mol. The van der Waals surface area contributed by atoms with Crippen LogP contribution in [0.2, 0.25) is 0 Å². The SMILES string of the molecule is CC[C@H](NC(=O)Cc1ccccc1F)c1nc(C)cs1. The third-order valence-electron chi connectivity index (χ3n) is 2.99. The third-order valence-corrected chi connectivity index (χ3v) is 4.06. The number of benzene rings is 1. The molecule has 3 nitrogen and oxygen atoms in total. The van der Waals surface area contributed by atoms with E-state index in [1.165, 1.54) is 17.4 Å². The Bertz CT molecular complexity index is 597. The summed E-state index contributed by atoms with van der Waals surface area (Å²) in [4.78, 5) is 16.4. The van der Waals surface area contributed by atoms with E-state index in [0.29, 0.717) is 5.56 Å². The quantitative estimate of drug-likeness (QED) is 0.917. The Labute approximate surface area is 121 Å². The number of halogens is 1. The van der Waals surface area contributed by atoms with Gasteiger partial charge in [0.2, 0.25) is 5.91 Å². The molecule has 0 bridgehead atoms. The largest absolute Gasteiger partial charge is 0.347 e. The lowest BCUT2D eigenvalue weighted by atomic mass is 10.1. The van der Waals surface area contributed by atoms with Crippen LogP contribution in [0.3, 0.4) is 0 Å². The van der Waals surface area contributed by atoms with Crippen molar-refractivity contribution in [2.24, 2.45) is 0 Å². The number of nitrogens with zero attached hydrogens (tertiary/aromatic N) is 1. The minimum Gasteiger partial charge on any atom is -0.347 e. The Kier molecular flexibility index (Phi) is 4.84. The van der Waals surface area contributed by atoms with Crippen LogP contribution in [0.15, 0.2) is 29.6 Å². The molecule has 1 heterocycles. The molecule has 1 aromatic heterocycles. The average Bonchev–Trinajstić information content (AvgIpc) is 2.85. The number of amides is 1. The predicted octanol–water partition coefficient (Wildman–Crippen LogP) is 3.40. The van der Waals surface area contributed by atoms with Crippen LogP contribution in [-0.2, 0) is 11.2 Å². The molecule has 0 unspecified atom stereocenters. The highest BCUT2D eigenvalue weighted by molar-refractivity contribution is 7.09. The van der Waals surface area contributed by atoms with E-state index in [0.717, 1.165) is 17.1 Å². The first-order valence-corrected chi connectivity index (χ1v) is 7.43. The van der Waals surface area contributed by atoms with Crippen molar-refractivity contribution in [2.75, 3.05) is 0 Å². The standard InChI is InChI=1S/C15H17FN2OS/c1-3-13(15-17-10(2)9-20-15)18-14(19)8-11-6-4-5-7-12(11)16/h4-7,9,13H,3,8H2,1-2H3,(H,18,19)/t13-/m0/s1. The van der Waals surface area contributed by atoms with Crippen molar-refractivity contribution in [3.63, 3.8) is 0 Å². The van der Waals surface area contributed by atoms with Gasteiger partial charge in [-0.05, 0) is 25.0 Å². The van der Waals surface area contributed by atoms with Crippen LogP contribution >= 0.6 is 11.3 Å². The number of rotatable bonds is 5. The smallest absolute Gasteiger partial charge is 0.225 e. The van der Waals surface area contributed by atoms with Gasteiger partial charge in [0, 0.05) is 11.1 Å². The van der Waals surface area contributed by atoms with Crippen molar-refractivity contribution in [2.45, 2.75) is 32.7 Å². The molecule has 1 N–H and O–H groups in total. The van der Waals surface area contributed by atoms with Gasteiger partial charge in [-0.1, -0.05) is 25.1 Å². The van der Waals surface area contributed by atoms with Gasteiger partial charge in [0.1, 0.15) is 10.8 Å². The van der Waals surface area contributed by atoms with E-state index in [4.69, 9.17) is 0 Å². The summed E-state index contributed by atoms with van der Waals surface area (Å²) in [5.41, 5.74) is 1.36. The van der Waals surface area contributed by atoms with Crippen molar-refractivity contribution >= 4 is 17.2 Å². The normalized spacial score (nSPS) is 12.2. The number of nitrogens with one attached hydrogen (secondary N) is 1. The van der Waals surface area contributed by atoms with Crippen LogP contribution in [0.5, 0.6) is 0 Å². The molecular weight excluding hydrogens is 275 g/mol. The van der Waals surface area contributed by atoms with E-state index in [2.05, 4.69) is 10.3 Å². The van der Waals surface area contributed by atoms with Crippen LogP contribution in [0.1, 0.15) is 35.7 Å². The van der Waals surface area contributed by atoms with Crippen LogP contribution in [-0.4, -0.2) is 10.9 Å². The van der Waals surface area contributed by atoms with Crippen molar-refractivity contribution in [1.82, 2.24) is 10.3 Å². The number of carbonyl (C=O) groups is 1. The minimum atomic E-state index is -0.346. The molecule has 0 aliphatic carbocycles. The molecule has 2 rings (SSSR count). The van der Waals surface area contributed by atoms with E-state index < -0.39 is 0 Å². The van der Waals surface area contributed by atoms with Crippen molar-refractivity contribution in [3.8, 4) is 0 Å². The summed E-state index contributed by atoms with van der Waals surface area (Å²) in [6.07, 6.45) is 0.809. The number of aryl methyl sites for hydroxylation is 1. The molecule has 0 radical (unpaired) electrons. The number of hydrogen-bond acceptors (Lipinski definition) is 3. The van der Waals surface area contributed by atoms with Crippen LogP contribution in [0.4, 0.5) is 4.39 Å². The molecule has 2 aromatic rings. The first-order valence-electron chi connectivity index (χ1n) is 6.55. The van der Waals surface area contributed by atoms with E-state index in [1.54, 1.807) is 18.2 Å². The Morgan fingerprint density at radius 3 is 2.80 bits per heavy atom. The summed E-state index contributed by atoms with van der Waals surface area (Å²) in [6.45, 7) is 3.92. The highest BCUT2D eigenvalue weighted by atomic mass is 32.1. The topological polar surface area (TPSA) is 42.0 Å². The van der Waals surface area contributed by atoms with Crippen LogP contribution in [0.25, 0.3) is 0 Å². The van der Waals surface area contributed by atoms with Gasteiger partial charge < -0.3 is 5.32 Å². The summed E-state index contributed by atoms with van der Waals surface area (Å²) in [5, 5.41) is 5.77. The molecular formula is C15H17FN2OS. The summed E-state index contributed by atoms with van der Waals surface area (Å²) < 4.78 is 13.5. The second kappa shape index (κ2) is 6.61. The molecule has 5 heteroatoms. The summed E-state index contributed by atoms with van der Waals surface area (Å²) >= 11 is 1.53. The Balaban J connectivity index is 2.01. The fraction of sp³-hybridized carbons (Fsp3) is 0.333. The molecule has 0 spiro atoms. The van der Waals surface area contributed by atoms with Crippen LogP contribution in [0, 0.1) is 12.7 Å². The van der Waals surface area contributed by atoms with E-state index in [9.17, 15) is 9.18 Å². The maximum atomic E-state index is 13.5. The van der Waals surface area contributed by atoms with Gasteiger partial charge >= 0.3 is 0 Å². The van der Waals surface area contributed by atoms with Crippen molar-refractivity contribution < 1.29 is 9.18 Å². The third kappa shape index (κ3) is 3.63. The zero-order valence-corrected chi connectivity index (χ0v) is 12.3. The molecule has 1 aromatic carbocycles. The number of carbonyl (C=O) groups excluding carboxylic acids is 1.